The molecule has 0 aliphatic rings. The van der Waals surface area contributed by atoms with E-state index in [1.807, 2.05) is 36.2 Å². The van der Waals surface area contributed by atoms with Crippen LogP contribution in [0.2, 0.25) is 15.1 Å². The van der Waals surface area contributed by atoms with Crippen molar-refractivity contribution in [3.63, 3.8) is 0 Å². The van der Waals surface area contributed by atoms with E-state index in [-0.39, 0.29) is 6.04 Å². The van der Waals surface area contributed by atoms with Gasteiger partial charge >= 0.3 is 0 Å². The van der Waals surface area contributed by atoms with Crippen LogP contribution in [0.25, 0.3) is 0 Å². The van der Waals surface area contributed by atoms with Gasteiger partial charge in [0, 0.05) is 19.1 Å². The minimum Gasteiger partial charge on any atom is -0.372 e. The highest BCUT2D eigenvalue weighted by Crippen LogP contribution is 2.34. The van der Waals surface area contributed by atoms with Crippen molar-refractivity contribution in [1.29, 1.82) is 0 Å². The van der Waals surface area contributed by atoms with E-state index in [9.17, 15) is 0 Å². The molecule has 1 unspecified atom stereocenters. The number of benzene rings is 1. The van der Waals surface area contributed by atoms with Gasteiger partial charge in [-0.15, -0.1) is 0 Å². The topological polar surface area (TPSA) is 28.2 Å². The molecule has 2 rings (SSSR count). The zero-order chi connectivity index (χ0) is 15.6. The molecule has 1 aromatic heterocycles. The summed E-state index contributed by atoms with van der Waals surface area (Å²) in [6.07, 6.45) is 0. The molecule has 6 heteroatoms. The maximum atomic E-state index is 6.27. The molecule has 1 N–H and O–H groups in total. The Kier molecular flexibility index (Phi) is 5.20. The van der Waals surface area contributed by atoms with E-state index in [1.165, 1.54) is 0 Å². The third-order valence-electron chi connectivity index (χ3n) is 3.42. The zero-order valence-electron chi connectivity index (χ0n) is 12.0. The molecule has 0 aliphatic heterocycles. The molecule has 0 saturated heterocycles. The molecule has 112 valence electrons. The SMILES string of the molecule is CNc1nc(N(C)C(C)c2ccc(Cl)cc2)c(Cl)cc1Cl. The molecule has 1 aromatic carbocycles. The van der Waals surface area contributed by atoms with Crippen molar-refractivity contribution in [2.24, 2.45) is 0 Å². The van der Waals surface area contributed by atoms with Gasteiger partial charge in [0.15, 0.2) is 0 Å². The van der Waals surface area contributed by atoms with E-state index >= 15 is 0 Å². The molecule has 0 saturated carbocycles. The third kappa shape index (κ3) is 3.54. The first-order valence-corrected chi connectivity index (χ1v) is 7.59. The molecule has 21 heavy (non-hydrogen) atoms. The monoisotopic (exact) mass is 343 g/mol. The fourth-order valence-electron chi connectivity index (χ4n) is 2.03. The van der Waals surface area contributed by atoms with E-state index in [1.54, 1.807) is 13.1 Å². The largest absolute Gasteiger partial charge is 0.372 e. The first-order chi connectivity index (χ1) is 9.93. The first kappa shape index (κ1) is 16.2. The van der Waals surface area contributed by atoms with Gasteiger partial charge in [-0.05, 0) is 30.7 Å². The number of rotatable bonds is 4. The van der Waals surface area contributed by atoms with Crippen LogP contribution in [0.1, 0.15) is 18.5 Å². The van der Waals surface area contributed by atoms with Gasteiger partial charge in [0.25, 0.3) is 0 Å². The van der Waals surface area contributed by atoms with Crippen LogP contribution in [0.5, 0.6) is 0 Å². The third-order valence-corrected chi connectivity index (χ3v) is 4.23. The second-order valence-corrected chi connectivity index (χ2v) is 5.96. The van der Waals surface area contributed by atoms with Gasteiger partial charge in [0.2, 0.25) is 0 Å². The Morgan fingerprint density at radius 3 is 2.29 bits per heavy atom. The second-order valence-electron chi connectivity index (χ2n) is 4.71. The molecular formula is C15H16Cl3N3. The predicted molar refractivity (Wildman–Crippen MR) is 92.1 cm³/mol. The first-order valence-electron chi connectivity index (χ1n) is 6.46. The highest BCUT2D eigenvalue weighted by molar-refractivity contribution is 6.37. The average molecular weight is 345 g/mol. The number of hydrogen-bond donors (Lipinski definition) is 1. The fraction of sp³-hybridized carbons (Fsp3) is 0.267. The summed E-state index contributed by atoms with van der Waals surface area (Å²) in [7, 11) is 3.72. The number of hydrogen-bond acceptors (Lipinski definition) is 3. The number of anilines is 2. The van der Waals surface area contributed by atoms with Gasteiger partial charge in [-0.25, -0.2) is 4.98 Å². The maximum Gasteiger partial charge on any atom is 0.150 e. The molecule has 0 fully saturated rings. The standard InChI is InChI=1S/C15H16Cl3N3/c1-9(10-4-6-11(16)7-5-10)21(3)15-13(18)8-12(17)14(19-2)20-15/h4-9H,1-3H3,(H,19,20). The van der Waals surface area contributed by atoms with Crippen molar-refractivity contribution in [2.75, 3.05) is 24.3 Å². The Morgan fingerprint density at radius 1 is 1.10 bits per heavy atom. The molecule has 0 radical (unpaired) electrons. The summed E-state index contributed by atoms with van der Waals surface area (Å²) in [5.41, 5.74) is 1.13. The van der Waals surface area contributed by atoms with Crippen molar-refractivity contribution in [2.45, 2.75) is 13.0 Å². The number of nitrogens with one attached hydrogen (secondary N) is 1. The summed E-state index contributed by atoms with van der Waals surface area (Å²) < 4.78 is 0. The lowest BCUT2D eigenvalue weighted by Crippen LogP contribution is -2.23. The molecule has 3 nitrogen and oxygen atoms in total. The number of nitrogens with zero attached hydrogens (tertiary/aromatic N) is 2. The maximum absolute atomic E-state index is 6.27. The van der Waals surface area contributed by atoms with Crippen LogP contribution in [0.3, 0.4) is 0 Å². The second kappa shape index (κ2) is 6.73. The Hall–Kier alpha value is -1.16. The van der Waals surface area contributed by atoms with Gasteiger partial charge in [0.05, 0.1) is 16.1 Å². The van der Waals surface area contributed by atoms with Crippen LogP contribution in [0, 0.1) is 0 Å². The van der Waals surface area contributed by atoms with E-state index < -0.39 is 0 Å². The molecule has 0 aliphatic carbocycles. The van der Waals surface area contributed by atoms with Crippen LogP contribution < -0.4 is 10.2 Å². The quantitative estimate of drug-likeness (QED) is 0.817. The molecule has 1 heterocycles. The van der Waals surface area contributed by atoms with Crippen molar-refractivity contribution in [3.05, 3.63) is 51.0 Å². The summed E-state index contributed by atoms with van der Waals surface area (Å²) in [6, 6.07) is 9.52. The smallest absolute Gasteiger partial charge is 0.150 e. The average Bonchev–Trinajstić information content (AvgIpc) is 2.47. The van der Waals surface area contributed by atoms with E-state index in [0.717, 1.165) is 5.56 Å². The Morgan fingerprint density at radius 2 is 1.71 bits per heavy atom. The number of halogens is 3. The minimum absolute atomic E-state index is 0.0955. The Balaban J connectivity index is 2.34. The summed E-state index contributed by atoms with van der Waals surface area (Å²) >= 11 is 18.3. The molecular weight excluding hydrogens is 329 g/mol. The van der Waals surface area contributed by atoms with E-state index in [4.69, 9.17) is 34.8 Å². The van der Waals surface area contributed by atoms with Crippen molar-refractivity contribution >= 4 is 46.4 Å². The lowest BCUT2D eigenvalue weighted by atomic mass is 10.1. The Labute approximate surface area is 139 Å². The molecule has 1 atom stereocenters. The summed E-state index contributed by atoms with van der Waals surface area (Å²) in [5.74, 6) is 1.28. The van der Waals surface area contributed by atoms with Crippen molar-refractivity contribution < 1.29 is 0 Å². The minimum atomic E-state index is 0.0955. The fourth-order valence-corrected chi connectivity index (χ4v) is 2.74. The highest BCUT2D eigenvalue weighted by atomic mass is 35.5. The van der Waals surface area contributed by atoms with Gasteiger partial charge in [-0.2, -0.15) is 0 Å². The van der Waals surface area contributed by atoms with Crippen LogP contribution >= 0.6 is 34.8 Å². The highest BCUT2D eigenvalue weighted by Gasteiger charge is 2.18. The van der Waals surface area contributed by atoms with E-state index in [0.29, 0.717) is 26.7 Å². The molecule has 0 spiro atoms. The molecule has 0 amide bonds. The normalized spacial score (nSPS) is 12.1. The van der Waals surface area contributed by atoms with E-state index in [2.05, 4.69) is 17.2 Å². The number of pyridine rings is 1. The van der Waals surface area contributed by atoms with Crippen LogP contribution in [0.15, 0.2) is 30.3 Å². The van der Waals surface area contributed by atoms with Crippen LogP contribution in [-0.2, 0) is 0 Å². The van der Waals surface area contributed by atoms with Crippen LogP contribution in [-0.4, -0.2) is 19.1 Å². The van der Waals surface area contributed by atoms with Gasteiger partial charge in [-0.3, -0.25) is 0 Å². The lowest BCUT2D eigenvalue weighted by Gasteiger charge is -2.27. The van der Waals surface area contributed by atoms with Gasteiger partial charge in [0.1, 0.15) is 11.6 Å². The van der Waals surface area contributed by atoms with Crippen molar-refractivity contribution in [1.82, 2.24) is 4.98 Å². The number of aromatic nitrogens is 1. The summed E-state index contributed by atoms with van der Waals surface area (Å²) in [5, 5.41) is 4.69. The van der Waals surface area contributed by atoms with Gasteiger partial charge < -0.3 is 10.2 Å². The molecule has 2 aromatic rings. The lowest BCUT2D eigenvalue weighted by molar-refractivity contribution is 0.729. The van der Waals surface area contributed by atoms with Gasteiger partial charge in [-0.1, -0.05) is 46.9 Å². The predicted octanol–water partition coefficient (Wildman–Crippen LogP) is 5.28. The summed E-state index contributed by atoms with van der Waals surface area (Å²) in [4.78, 5) is 6.48. The van der Waals surface area contributed by atoms with Crippen molar-refractivity contribution in [3.8, 4) is 0 Å². The Bertz CT molecular complexity index is 629. The van der Waals surface area contributed by atoms with Crippen LogP contribution in [0.4, 0.5) is 11.6 Å². The zero-order valence-corrected chi connectivity index (χ0v) is 14.3. The summed E-state index contributed by atoms with van der Waals surface area (Å²) in [6.45, 7) is 2.08. The molecule has 0 bridgehead atoms.